The molecule has 4 heteroatoms. The topological polar surface area (TPSA) is 35.0 Å². The summed E-state index contributed by atoms with van der Waals surface area (Å²) in [4.78, 5) is 8.28. The van der Waals surface area contributed by atoms with Gasteiger partial charge in [0.15, 0.2) is 0 Å². The zero-order valence-electron chi connectivity index (χ0n) is 7.02. The molecule has 0 aliphatic carbocycles. The highest BCUT2D eigenvalue weighted by atomic mass is 32.1. The zero-order chi connectivity index (χ0) is 9.10. The third-order valence-electron chi connectivity index (χ3n) is 1.58. The highest BCUT2D eigenvalue weighted by Crippen LogP contribution is 2.17. The maximum absolute atomic E-state index is 4.97. The molecule has 0 N–H and O–H groups in total. The summed E-state index contributed by atoms with van der Waals surface area (Å²) in [7, 11) is 1.60. The number of rotatable bonds is 2. The van der Waals surface area contributed by atoms with E-state index in [9.17, 15) is 0 Å². The molecule has 0 saturated carbocycles. The quantitative estimate of drug-likeness (QED) is 0.728. The Morgan fingerprint density at radius 2 is 2.38 bits per heavy atom. The van der Waals surface area contributed by atoms with Gasteiger partial charge in [-0.15, -0.1) is 11.3 Å². The monoisotopic (exact) mass is 191 g/mol. The van der Waals surface area contributed by atoms with E-state index in [4.69, 9.17) is 4.74 Å². The van der Waals surface area contributed by atoms with Crippen LogP contribution < -0.4 is 4.74 Å². The van der Waals surface area contributed by atoms with Crippen molar-refractivity contribution in [2.45, 2.75) is 0 Å². The van der Waals surface area contributed by atoms with Gasteiger partial charge in [-0.3, -0.25) is 4.98 Å². The maximum Gasteiger partial charge on any atom is 0.137 e. The van der Waals surface area contributed by atoms with Crippen molar-refractivity contribution in [3.8, 4) is 17.1 Å². The summed E-state index contributed by atoms with van der Waals surface area (Å²) in [6, 6.07) is 4.75. The van der Waals surface area contributed by atoms with Crippen LogP contribution in [-0.4, -0.2) is 17.1 Å². The number of hydrogen-bond acceptors (Lipinski definition) is 4. The minimum atomic E-state index is 0.707. The van der Waals surface area contributed by atoms with E-state index in [-0.39, 0.29) is 0 Å². The van der Waals surface area contributed by atoms with Gasteiger partial charge in [0.1, 0.15) is 11.4 Å². The van der Waals surface area contributed by atoms with Crippen molar-refractivity contribution in [3.63, 3.8) is 0 Å². The van der Waals surface area contributed by atoms with E-state index in [1.807, 2.05) is 5.38 Å². The Hall–Kier alpha value is -1.42. The average molecular weight is 191 g/mol. The molecule has 0 unspecified atom stereocenters. The third kappa shape index (κ3) is 1.67. The second-order valence-corrected chi connectivity index (χ2v) is 3.09. The van der Waals surface area contributed by atoms with Gasteiger partial charge in [0.05, 0.1) is 24.5 Å². The Kier molecular flexibility index (Phi) is 2.23. The Morgan fingerprint density at radius 3 is 2.92 bits per heavy atom. The van der Waals surface area contributed by atoms with E-state index in [1.54, 1.807) is 36.2 Å². The fraction of sp³-hybridized carbons (Fsp3) is 0.111. The number of ether oxygens (including phenoxy) is 1. The van der Waals surface area contributed by atoms with Crippen molar-refractivity contribution < 1.29 is 4.74 Å². The summed E-state index contributed by atoms with van der Waals surface area (Å²) in [5.41, 5.74) is 3.38. The molecule has 0 amide bonds. The van der Waals surface area contributed by atoms with Crippen LogP contribution in [0.5, 0.6) is 5.75 Å². The van der Waals surface area contributed by atoms with Crippen molar-refractivity contribution in [1.29, 1.82) is 0 Å². The first-order chi connectivity index (χ1) is 6.40. The molecular formula is C9H7N2OS. The number of aromatic nitrogens is 2. The molecule has 2 rings (SSSR count). The lowest BCUT2D eigenvalue weighted by Crippen LogP contribution is -1.86. The van der Waals surface area contributed by atoms with Gasteiger partial charge in [-0.25, -0.2) is 4.98 Å². The maximum atomic E-state index is 4.97. The van der Waals surface area contributed by atoms with Crippen LogP contribution >= 0.6 is 11.3 Å². The van der Waals surface area contributed by atoms with Gasteiger partial charge < -0.3 is 4.74 Å². The molecule has 0 atom stereocenters. The summed E-state index contributed by atoms with van der Waals surface area (Å²) >= 11 is 1.54. The predicted molar refractivity (Wildman–Crippen MR) is 50.7 cm³/mol. The normalized spacial score (nSPS) is 9.92. The van der Waals surface area contributed by atoms with E-state index in [1.165, 1.54) is 0 Å². The molecule has 2 aromatic heterocycles. The molecule has 65 valence electrons. The summed E-state index contributed by atoms with van der Waals surface area (Å²) in [5, 5.41) is 1.94. The van der Waals surface area contributed by atoms with Crippen molar-refractivity contribution in [2.24, 2.45) is 0 Å². The van der Waals surface area contributed by atoms with Gasteiger partial charge in [0.25, 0.3) is 0 Å². The van der Waals surface area contributed by atoms with Crippen LogP contribution in [0.4, 0.5) is 0 Å². The lowest BCUT2D eigenvalue weighted by atomic mass is 10.3. The van der Waals surface area contributed by atoms with E-state index >= 15 is 0 Å². The minimum Gasteiger partial charge on any atom is -0.495 e. The van der Waals surface area contributed by atoms with Crippen molar-refractivity contribution >= 4 is 11.3 Å². The van der Waals surface area contributed by atoms with Crippen molar-refractivity contribution in [3.05, 3.63) is 29.2 Å². The van der Waals surface area contributed by atoms with Gasteiger partial charge in [-0.1, -0.05) is 0 Å². The number of thiazole rings is 1. The van der Waals surface area contributed by atoms with Gasteiger partial charge in [-0.05, 0) is 6.07 Å². The molecule has 13 heavy (non-hydrogen) atoms. The summed E-state index contributed by atoms with van der Waals surface area (Å²) in [6.45, 7) is 0. The first-order valence-electron chi connectivity index (χ1n) is 3.70. The first kappa shape index (κ1) is 8.19. The standard InChI is InChI=1S/C9H7N2OS/c1-12-7-2-3-8(10-4-7)9-5-13-6-11-9/h2,4-6H,1H3. The molecule has 2 aromatic rings. The van der Waals surface area contributed by atoms with Crippen molar-refractivity contribution in [2.75, 3.05) is 7.11 Å². The van der Waals surface area contributed by atoms with Gasteiger partial charge in [0.2, 0.25) is 0 Å². The van der Waals surface area contributed by atoms with Crippen LogP contribution in [0.15, 0.2) is 23.2 Å². The van der Waals surface area contributed by atoms with E-state index in [0.717, 1.165) is 11.4 Å². The lowest BCUT2D eigenvalue weighted by molar-refractivity contribution is 0.413. The van der Waals surface area contributed by atoms with Gasteiger partial charge in [0, 0.05) is 11.4 Å². The smallest absolute Gasteiger partial charge is 0.137 e. The first-order valence-corrected chi connectivity index (χ1v) is 4.64. The van der Waals surface area contributed by atoms with Crippen LogP contribution in [0.25, 0.3) is 11.4 Å². The molecular weight excluding hydrogens is 184 g/mol. The second kappa shape index (κ2) is 3.53. The number of nitrogens with zero attached hydrogens (tertiary/aromatic N) is 2. The second-order valence-electron chi connectivity index (χ2n) is 2.38. The van der Waals surface area contributed by atoms with E-state index in [2.05, 4.69) is 16.0 Å². The summed E-state index contributed by atoms with van der Waals surface area (Å²) in [5.74, 6) is 0.707. The number of methoxy groups -OCH3 is 1. The van der Waals surface area contributed by atoms with E-state index in [0.29, 0.717) is 5.75 Å². The number of hydrogen-bond donors (Lipinski definition) is 0. The molecule has 0 aromatic carbocycles. The fourth-order valence-electron chi connectivity index (χ4n) is 0.923. The number of pyridine rings is 1. The molecule has 0 aliphatic heterocycles. The van der Waals surface area contributed by atoms with Crippen LogP contribution in [-0.2, 0) is 0 Å². The summed E-state index contributed by atoms with van der Waals surface area (Å²) in [6.07, 6.45) is 1.66. The molecule has 0 spiro atoms. The Bertz CT molecular complexity index is 369. The van der Waals surface area contributed by atoms with Gasteiger partial charge in [-0.2, -0.15) is 0 Å². The molecule has 3 nitrogen and oxygen atoms in total. The largest absolute Gasteiger partial charge is 0.495 e. The lowest BCUT2D eigenvalue weighted by Gasteiger charge is -1.98. The predicted octanol–water partition coefficient (Wildman–Crippen LogP) is 2.01. The van der Waals surface area contributed by atoms with Crippen LogP contribution in [0, 0.1) is 6.07 Å². The molecule has 1 radical (unpaired) electrons. The molecule has 0 fully saturated rings. The molecule has 0 saturated heterocycles. The molecule has 2 heterocycles. The summed E-state index contributed by atoms with van der Waals surface area (Å²) < 4.78 is 4.97. The zero-order valence-corrected chi connectivity index (χ0v) is 7.84. The van der Waals surface area contributed by atoms with Crippen molar-refractivity contribution in [1.82, 2.24) is 9.97 Å². The highest BCUT2D eigenvalue weighted by molar-refractivity contribution is 7.07. The Balaban J connectivity index is 2.33. The third-order valence-corrected chi connectivity index (χ3v) is 2.17. The Morgan fingerprint density at radius 1 is 1.46 bits per heavy atom. The highest BCUT2D eigenvalue weighted by Gasteiger charge is 2.01. The Labute approximate surface area is 80.0 Å². The molecule has 0 aliphatic rings. The minimum absolute atomic E-state index is 0.707. The van der Waals surface area contributed by atoms with Crippen LogP contribution in [0.3, 0.4) is 0 Å². The SMILES string of the molecule is COc1c[c]c(-c2cscn2)nc1. The average Bonchev–Trinajstić information content (AvgIpc) is 2.71. The molecule has 0 bridgehead atoms. The fourth-order valence-corrected chi connectivity index (χ4v) is 1.46. The van der Waals surface area contributed by atoms with Crippen LogP contribution in [0.2, 0.25) is 0 Å². The van der Waals surface area contributed by atoms with E-state index < -0.39 is 0 Å². The van der Waals surface area contributed by atoms with Gasteiger partial charge >= 0.3 is 0 Å². The van der Waals surface area contributed by atoms with Crippen LogP contribution in [0.1, 0.15) is 0 Å².